The van der Waals surface area contributed by atoms with Crippen LogP contribution in [0.3, 0.4) is 0 Å². The molecule has 0 unspecified atom stereocenters. The van der Waals surface area contributed by atoms with Crippen LogP contribution >= 0.6 is 0 Å². The number of sulfone groups is 1. The van der Waals surface area contributed by atoms with Gasteiger partial charge in [0.1, 0.15) is 0 Å². The van der Waals surface area contributed by atoms with E-state index in [9.17, 15) is 8.42 Å². The molecule has 0 fully saturated rings. The smallest absolute Gasteiger partial charge is 0.202 e. The molecular weight excluding hydrogens is 280 g/mol. The molecule has 1 aromatic rings. The molecule has 0 aromatic heterocycles. The second kappa shape index (κ2) is 9.56. The monoisotopic (exact) mass is 306 g/mol. The Morgan fingerprint density at radius 2 is 1.71 bits per heavy atom. The molecule has 0 saturated carbocycles. The predicted molar refractivity (Wildman–Crippen MR) is 89.9 cm³/mol. The minimum absolute atomic E-state index is 0.384. The van der Waals surface area contributed by atoms with Gasteiger partial charge < -0.3 is 0 Å². The number of hydrogen-bond donors (Lipinski definition) is 0. The SMILES string of the molecule is CCC/C=C(\C/C=C\CCCC)S(=O)(=O)c1ccccc1. The Kier molecular flexibility index (Phi) is 8.06. The molecule has 0 N–H and O–H groups in total. The highest BCUT2D eigenvalue weighted by molar-refractivity contribution is 7.95. The van der Waals surface area contributed by atoms with Gasteiger partial charge in [-0.25, -0.2) is 8.42 Å². The number of hydrogen-bond acceptors (Lipinski definition) is 2. The lowest BCUT2D eigenvalue weighted by Gasteiger charge is -2.07. The van der Waals surface area contributed by atoms with E-state index in [1.807, 2.05) is 18.2 Å². The largest absolute Gasteiger partial charge is 0.219 e. The minimum Gasteiger partial charge on any atom is -0.219 e. The van der Waals surface area contributed by atoms with E-state index in [1.165, 1.54) is 0 Å². The van der Waals surface area contributed by atoms with Crippen molar-refractivity contribution in [1.29, 1.82) is 0 Å². The second-order valence-electron chi connectivity index (χ2n) is 5.09. The summed E-state index contributed by atoms with van der Waals surface area (Å²) in [5.41, 5.74) is 0. The van der Waals surface area contributed by atoms with Crippen LogP contribution in [-0.2, 0) is 9.84 Å². The molecule has 0 amide bonds. The Balaban J connectivity index is 2.90. The second-order valence-corrected chi connectivity index (χ2v) is 7.10. The third-order valence-electron chi connectivity index (χ3n) is 3.27. The van der Waals surface area contributed by atoms with Gasteiger partial charge in [0.2, 0.25) is 9.84 Å². The normalized spacial score (nSPS) is 13.0. The first kappa shape index (κ1) is 17.7. The van der Waals surface area contributed by atoms with E-state index in [0.717, 1.165) is 32.1 Å². The first-order valence-corrected chi connectivity index (χ1v) is 9.25. The molecule has 2 nitrogen and oxygen atoms in total. The van der Waals surface area contributed by atoms with E-state index in [4.69, 9.17) is 0 Å². The van der Waals surface area contributed by atoms with Crippen LogP contribution < -0.4 is 0 Å². The third kappa shape index (κ3) is 5.88. The van der Waals surface area contributed by atoms with Crippen LogP contribution in [0, 0.1) is 0 Å². The minimum atomic E-state index is -3.36. The molecule has 0 heterocycles. The van der Waals surface area contributed by atoms with E-state index in [-0.39, 0.29) is 0 Å². The average Bonchev–Trinajstić information content (AvgIpc) is 2.50. The van der Waals surface area contributed by atoms with Gasteiger partial charge in [0.05, 0.1) is 4.90 Å². The van der Waals surface area contributed by atoms with Gasteiger partial charge in [-0.3, -0.25) is 0 Å². The van der Waals surface area contributed by atoms with E-state index >= 15 is 0 Å². The molecule has 0 saturated heterocycles. The fourth-order valence-corrected chi connectivity index (χ4v) is 3.47. The molecule has 21 heavy (non-hydrogen) atoms. The van der Waals surface area contributed by atoms with Crippen LogP contribution in [0.1, 0.15) is 52.4 Å². The molecule has 0 aliphatic carbocycles. The van der Waals surface area contributed by atoms with Gasteiger partial charge in [0, 0.05) is 11.3 Å². The molecule has 116 valence electrons. The Morgan fingerprint density at radius 1 is 1.00 bits per heavy atom. The van der Waals surface area contributed by atoms with Crippen LogP contribution in [0.25, 0.3) is 0 Å². The van der Waals surface area contributed by atoms with Crippen molar-refractivity contribution in [2.24, 2.45) is 0 Å². The van der Waals surface area contributed by atoms with Crippen molar-refractivity contribution in [1.82, 2.24) is 0 Å². The summed E-state index contributed by atoms with van der Waals surface area (Å²) in [5.74, 6) is 0. The van der Waals surface area contributed by atoms with E-state index < -0.39 is 9.84 Å². The third-order valence-corrected chi connectivity index (χ3v) is 5.19. The van der Waals surface area contributed by atoms with Crippen molar-refractivity contribution < 1.29 is 8.42 Å². The fourth-order valence-electron chi connectivity index (χ4n) is 2.00. The van der Waals surface area contributed by atoms with Gasteiger partial charge >= 0.3 is 0 Å². The summed E-state index contributed by atoms with van der Waals surface area (Å²) < 4.78 is 25.3. The molecule has 1 rings (SSSR count). The Labute approximate surface area is 129 Å². The van der Waals surface area contributed by atoms with Crippen molar-refractivity contribution in [2.75, 3.05) is 0 Å². The van der Waals surface area contributed by atoms with E-state index in [1.54, 1.807) is 24.3 Å². The zero-order valence-electron chi connectivity index (χ0n) is 13.1. The lowest BCUT2D eigenvalue weighted by atomic mass is 10.2. The summed E-state index contributed by atoms with van der Waals surface area (Å²) in [6, 6.07) is 8.69. The lowest BCUT2D eigenvalue weighted by Crippen LogP contribution is -2.04. The molecule has 0 atom stereocenters. The van der Waals surface area contributed by atoms with Crippen LogP contribution in [-0.4, -0.2) is 8.42 Å². The molecule has 0 aliphatic rings. The Bertz CT molecular complexity index is 554. The quantitative estimate of drug-likeness (QED) is 0.459. The van der Waals surface area contributed by atoms with Crippen LogP contribution in [0.4, 0.5) is 0 Å². The Morgan fingerprint density at radius 3 is 2.33 bits per heavy atom. The van der Waals surface area contributed by atoms with Crippen molar-refractivity contribution in [3.05, 3.63) is 53.5 Å². The summed E-state index contributed by atoms with van der Waals surface area (Å²) in [7, 11) is -3.36. The highest BCUT2D eigenvalue weighted by Crippen LogP contribution is 2.23. The van der Waals surface area contributed by atoms with Gasteiger partial charge in [-0.1, -0.05) is 69.5 Å². The van der Waals surface area contributed by atoms with Crippen LogP contribution in [0.15, 0.2) is 58.4 Å². The van der Waals surface area contributed by atoms with Crippen molar-refractivity contribution in [2.45, 2.75) is 57.3 Å². The van der Waals surface area contributed by atoms with E-state index in [0.29, 0.717) is 16.2 Å². The predicted octanol–water partition coefficient (Wildman–Crippen LogP) is 5.28. The molecule has 3 heteroatoms. The zero-order valence-corrected chi connectivity index (χ0v) is 13.9. The van der Waals surface area contributed by atoms with Crippen LogP contribution in [0.2, 0.25) is 0 Å². The van der Waals surface area contributed by atoms with Gasteiger partial charge in [-0.2, -0.15) is 0 Å². The van der Waals surface area contributed by atoms with Gasteiger partial charge in [-0.15, -0.1) is 0 Å². The average molecular weight is 306 g/mol. The van der Waals surface area contributed by atoms with Crippen molar-refractivity contribution in [3.8, 4) is 0 Å². The maximum atomic E-state index is 12.7. The number of unbranched alkanes of at least 4 members (excludes halogenated alkanes) is 3. The fraction of sp³-hybridized carbons (Fsp3) is 0.444. The van der Waals surface area contributed by atoms with E-state index in [2.05, 4.69) is 19.9 Å². The molecule has 0 radical (unpaired) electrons. The maximum Gasteiger partial charge on any atom is 0.202 e. The molecular formula is C18H26O2S. The summed E-state index contributed by atoms with van der Waals surface area (Å²) >= 11 is 0. The van der Waals surface area contributed by atoms with Gasteiger partial charge in [0.25, 0.3) is 0 Å². The first-order chi connectivity index (χ1) is 10.1. The molecule has 0 spiro atoms. The lowest BCUT2D eigenvalue weighted by molar-refractivity contribution is 0.601. The molecule has 0 aliphatic heterocycles. The molecule has 0 bridgehead atoms. The van der Waals surface area contributed by atoms with Crippen molar-refractivity contribution >= 4 is 9.84 Å². The number of benzene rings is 1. The summed E-state index contributed by atoms with van der Waals surface area (Å²) in [6.45, 7) is 4.21. The summed E-state index contributed by atoms with van der Waals surface area (Å²) in [4.78, 5) is 0.901. The first-order valence-electron chi connectivity index (χ1n) is 7.77. The zero-order chi connectivity index (χ0) is 15.6. The topological polar surface area (TPSA) is 34.1 Å². The Hall–Kier alpha value is -1.35. The summed E-state index contributed by atoms with van der Waals surface area (Å²) in [6.07, 6.45) is 11.5. The van der Waals surface area contributed by atoms with Crippen LogP contribution in [0.5, 0.6) is 0 Å². The number of rotatable bonds is 9. The number of allylic oxidation sites excluding steroid dienone is 4. The highest BCUT2D eigenvalue weighted by Gasteiger charge is 2.18. The summed E-state index contributed by atoms with van der Waals surface area (Å²) in [5, 5.41) is 0. The standard InChI is InChI=1S/C18H26O2S/c1-3-5-7-8-10-14-17(13-6-4-2)21(19,20)18-15-11-9-12-16-18/h8-13,15-16H,3-7,14H2,1-2H3/b10-8-,17-13+. The maximum absolute atomic E-state index is 12.7. The molecule has 1 aromatic carbocycles. The highest BCUT2D eigenvalue weighted by atomic mass is 32.2. The van der Waals surface area contributed by atoms with Gasteiger partial charge in [0.15, 0.2) is 0 Å². The van der Waals surface area contributed by atoms with Gasteiger partial charge in [-0.05, 0) is 25.0 Å². The van der Waals surface area contributed by atoms with Crippen molar-refractivity contribution in [3.63, 3.8) is 0 Å².